The third kappa shape index (κ3) is 3.10. The summed E-state index contributed by atoms with van der Waals surface area (Å²) in [7, 11) is 0. The van der Waals surface area contributed by atoms with Crippen molar-refractivity contribution in [3.63, 3.8) is 0 Å². The predicted molar refractivity (Wildman–Crippen MR) is 73.0 cm³/mol. The quantitative estimate of drug-likeness (QED) is 0.887. The smallest absolute Gasteiger partial charge is 0.255 e. The maximum absolute atomic E-state index is 12.1. The molecule has 4 nitrogen and oxygen atoms in total. The Morgan fingerprint density at radius 2 is 2.11 bits per heavy atom. The van der Waals surface area contributed by atoms with E-state index in [1.165, 1.54) is 0 Å². The van der Waals surface area contributed by atoms with Crippen LogP contribution >= 0.6 is 0 Å². The van der Waals surface area contributed by atoms with Gasteiger partial charge in [-0.05, 0) is 43.7 Å². The van der Waals surface area contributed by atoms with Crippen LogP contribution in [0.15, 0.2) is 42.6 Å². The molecule has 1 amide bonds. The van der Waals surface area contributed by atoms with Crippen molar-refractivity contribution >= 4 is 5.91 Å². The molecule has 0 spiro atoms. The molecule has 0 saturated carbocycles. The standard InChI is InChI=1S/C15H16N2O2/c1-10-6-7-12(14(18)9-10)15(19)17-11(2)13-5-3-4-8-16-13/h3-9,11,18H,1-2H3,(H,17,19). The highest BCUT2D eigenvalue weighted by molar-refractivity contribution is 5.97. The molecule has 0 bridgehead atoms. The number of hydrogen-bond acceptors (Lipinski definition) is 3. The van der Waals surface area contributed by atoms with Crippen molar-refractivity contribution in [2.45, 2.75) is 19.9 Å². The second kappa shape index (κ2) is 5.52. The topological polar surface area (TPSA) is 62.2 Å². The molecule has 1 unspecified atom stereocenters. The number of aryl methyl sites for hydroxylation is 1. The third-order valence-electron chi connectivity index (χ3n) is 2.88. The van der Waals surface area contributed by atoms with Crippen LogP contribution in [0.3, 0.4) is 0 Å². The highest BCUT2D eigenvalue weighted by Gasteiger charge is 2.15. The van der Waals surface area contributed by atoms with Gasteiger partial charge < -0.3 is 10.4 Å². The number of nitrogens with zero attached hydrogens (tertiary/aromatic N) is 1. The van der Waals surface area contributed by atoms with Gasteiger partial charge in [0.25, 0.3) is 5.91 Å². The SMILES string of the molecule is Cc1ccc(C(=O)NC(C)c2ccccn2)c(O)c1. The summed E-state index contributed by atoms with van der Waals surface area (Å²) in [5.41, 5.74) is 1.96. The number of hydrogen-bond donors (Lipinski definition) is 2. The van der Waals surface area contributed by atoms with E-state index in [2.05, 4.69) is 10.3 Å². The lowest BCUT2D eigenvalue weighted by Gasteiger charge is -2.14. The predicted octanol–water partition coefficient (Wildman–Crippen LogP) is 2.59. The van der Waals surface area contributed by atoms with Crippen molar-refractivity contribution in [2.75, 3.05) is 0 Å². The Morgan fingerprint density at radius 1 is 1.32 bits per heavy atom. The molecule has 1 aromatic carbocycles. The van der Waals surface area contributed by atoms with E-state index < -0.39 is 0 Å². The molecular formula is C15H16N2O2. The first-order valence-electron chi connectivity index (χ1n) is 6.09. The zero-order valence-corrected chi connectivity index (χ0v) is 10.9. The number of phenols is 1. The maximum Gasteiger partial charge on any atom is 0.255 e. The summed E-state index contributed by atoms with van der Waals surface area (Å²) in [5, 5.41) is 12.6. The van der Waals surface area contributed by atoms with E-state index in [0.717, 1.165) is 11.3 Å². The van der Waals surface area contributed by atoms with Crippen molar-refractivity contribution in [3.05, 3.63) is 59.4 Å². The lowest BCUT2D eigenvalue weighted by atomic mass is 10.1. The van der Waals surface area contributed by atoms with Gasteiger partial charge in [-0.3, -0.25) is 9.78 Å². The molecule has 0 aliphatic carbocycles. The Morgan fingerprint density at radius 3 is 2.74 bits per heavy atom. The number of aromatic hydroxyl groups is 1. The van der Waals surface area contributed by atoms with Crippen molar-refractivity contribution in [2.24, 2.45) is 0 Å². The molecule has 0 saturated heterocycles. The van der Waals surface area contributed by atoms with Crippen LogP contribution in [0.2, 0.25) is 0 Å². The number of nitrogens with one attached hydrogen (secondary N) is 1. The van der Waals surface area contributed by atoms with Gasteiger partial charge >= 0.3 is 0 Å². The molecule has 19 heavy (non-hydrogen) atoms. The minimum atomic E-state index is -0.310. The molecule has 4 heteroatoms. The first kappa shape index (κ1) is 13.1. The van der Waals surface area contributed by atoms with Gasteiger partial charge in [0.15, 0.2) is 0 Å². The van der Waals surface area contributed by atoms with Crippen LogP contribution in [0.4, 0.5) is 0 Å². The second-order valence-corrected chi connectivity index (χ2v) is 4.47. The molecule has 0 fully saturated rings. The fourth-order valence-corrected chi connectivity index (χ4v) is 1.81. The van der Waals surface area contributed by atoms with Gasteiger partial charge in [-0.25, -0.2) is 0 Å². The van der Waals surface area contributed by atoms with E-state index in [1.54, 1.807) is 24.4 Å². The first-order chi connectivity index (χ1) is 9.08. The fourth-order valence-electron chi connectivity index (χ4n) is 1.81. The summed E-state index contributed by atoms with van der Waals surface area (Å²) in [6, 6.07) is 10.3. The molecule has 1 atom stereocenters. The van der Waals surface area contributed by atoms with E-state index >= 15 is 0 Å². The molecule has 1 heterocycles. The van der Waals surface area contributed by atoms with E-state index in [4.69, 9.17) is 0 Å². The lowest BCUT2D eigenvalue weighted by molar-refractivity contribution is 0.0936. The van der Waals surface area contributed by atoms with Crippen LogP contribution < -0.4 is 5.32 Å². The molecule has 2 N–H and O–H groups in total. The van der Waals surface area contributed by atoms with Gasteiger partial charge in [0, 0.05) is 6.20 Å². The van der Waals surface area contributed by atoms with Gasteiger partial charge in [-0.1, -0.05) is 12.1 Å². The number of phenolic OH excluding ortho intramolecular Hbond substituents is 1. The van der Waals surface area contributed by atoms with Crippen LogP contribution in [-0.2, 0) is 0 Å². The van der Waals surface area contributed by atoms with Crippen molar-refractivity contribution in [1.82, 2.24) is 10.3 Å². The number of pyridine rings is 1. The first-order valence-corrected chi connectivity index (χ1v) is 6.09. The van der Waals surface area contributed by atoms with E-state index in [9.17, 15) is 9.90 Å². The van der Waals surface area contributed by atoms with E-state index in [0.29, 0.717) is 0 Å². The van der Waals surface area contributed by atoms with Crippen LogP contribution in [0.25, 0.3) is 0 Å². The summed E-state index contributed by atoms with van der Waals surface area (Å²) >= 11 is 0. The maximum atomic E-state index is 12.1. The average Bonchev–Trinajstić information content (AvgIpc) is 2.39. The number of benzene rings is 1. The molecule has 2 rings (SSSR count). The molecule has 1 aromatic heterocycles. The van der Waals surface area contributed by atoms with Crippen molar-refractivity contribution in [1.29, 1.82) is 0 Å². The number of carbonyl (C=O) groups is 1. The highest BCUT2D eigenvalue weighted by Crippen LogP contribution is 2.19. The van der Waals surface area contributed by atoms with Crippen LogP contribution in [0.5, 0.6) is 5.75 Å². The fraction of sp³-hybridized carbons (Fsp3) is 0.200. The highest BCUT2D eigenvalue weighted by atomic mass is 16.3. The van der Waals surface area contributed by atoms with E-state index in [1.807, 2.05) is 32.0 Å². The van der Waals surface area contributed by atoms with Gasteiger partial charge in [0.05, 0.1) is 17.3 Å². The molecule has 2 aromatic rings. The Kier molecular flexibility index (Phi) is 3.80. The Hall–Kier alpha value is -2.36. The number of amides is 1. The van der Waals surface area contributed by atoms with Gasteiger partial charge in [-0.15, -0.1) is 0 Å². The van der Waals surface area contributed by atoms with Crippen LogP contribution in [0, 0.1) is 6.92 Å². The Labute approximate surface area is 112 Å². The summed E-state index contributed by atoms with van der Waals surface area (Å²) < 4.78 is 0. The summed E-state index contributed by atoms with van der Waals surface area (Å²) in [4.78, 5) is 16.2. The number of rotatable bonds is 3. The second-order valence-electron chi connectivity index (χ2n) is 4.47. The van der Waals surface area contributed by atoms with E-state index in [-0.39, 0.29) is 23.3 Å². The Balaban J connectivity index is 2.13. The van der Waals surface area contributed by atoms with Crippen LogP contribution in [-0.4, -0.2) is 16.0 Å². The normalized spacial score (nSPS) is 11.9. The monoisotopic (exact) mass is 256 g/mol. The number of carbonyl (C=O) groups excluding carboxylic acids is 1. The zero-order valence-electron chi connectivity index (χ0n) is 10.9. The summed E-state index contributed by atoms with van der Waals surface area (Å²) in [5.74, 6) is -0.318. The van der Waals surface area contributed by atoms with Crippen LogP contribution in [0.1, 0.15) is 34.6 Å². The van der Waals surface area contributed by atoms with Crippen molar-refractivity contribution in [3.8, 4) is 5.75 Å². The molecule has 0 aliphatic rings. The van der Waals surface area contributed by atoms with Crippen molar-refractivity contribution < 1.29 is 9.90 Å². The molecule has 98 valence electrons. The minimum absolute atomic E-state index is 0.00859. The van der Waals surface area contributed by atoms with Gasteiger partial charge in [0.2, 0.25) is 0 Å². The molecule has 0 aliphatic heterocycles. The average molecular weight is 256 g/mol. The molecular weight excluding hydrogens is 240 g/mol. The Bertz CT molecular complexity index is 582. The largest absolute Gasteiger partial charge is 0.507 e. The summed E-state index contributed by atoms with van der Waals surface area (Å²) in [6.45, 7) is 3.71. The van der Waals surface area contributed by atoms with Gasteiger partial charge in [0.1, 0.15) is 5.75 Å². The third-order valence-corrected chi connectivity index (χ3v) is 2.88. The zero-order chi connectivity index (χ0) is 13.8. The molecule has 0 radical (unpaired) electrons. The summed E-state index contributed by atoms with van der Waals surface area (Å²) in [6.07, 6.45) is 1.68. The number of aromatic nitrogens is 1. The minimum Gasteiger partial charge on any atom is -0.507 e. The lowest BCUT2D eigenvalue weighted by Crippen LogP contribution is -2.27. The van der Waals surface area contributed by atoms with Gasteiger partial charge in [-0.2, -0.15) is 0 Å².